The lowest BCUT2D eigenvalue weighted by molar-refractivity contribution is 0.190. The Morgan fingerprint density at radius 2 is 2.19 bits per heavy atom. The molecule has 10 heteroatoms. The van der Waals surface area contributed by atoms with Crippen LogP contribution in [0.5, 0.6) is 0 Å². The highest BCUT2D eigenvalue weighted by atomic mass is 32.2. The summed E-state index contributed by atoms with van der Waals surface area (Å²) in [5.74, 6) is 1.44. The molecule has 1 N–H and O–H groups in total. The van der Waals surface area contributed by atoms with Crippen LogP contribution in [0.15, 0.2) is 38.1 Å². The third-order valence-corrected chi connectivity index (χ3v) is 5.96. The SMILES string of the molecule is CN(Cc1nc(C2CNCCN2C)no1)C1=NS(=O)(=O)c2ccccc21. The summed E-state index contributed by atoms with van der Waals surface area (Å²) in [6.45, 7) is 2.90. The molecule has 0 spiro atoms. The van der Waals surface area contributed by atoms with Crippen LogP contribution in [-0.4, -0.2) is 67.9 Å². The minimum Gasteiger partial charge on any atom is -0.349 e. The van der Waals surface area contributed by atoms with Gasteiger partial charge in [-0.1, -0.05) is 17.3 Å². The van der Waals surface area contributed by atoms with Crippen molar-refractivity contribution in [2.75, 3.05) is 33.7 Å². The normalized spacial score (nSPS) is 22.1. The van der Waals surface area contributed by atoms with Crippen molar-refractivity contribution in [2.24, 2.45) is 4.40 Å². The molecule has 2 aliphatic heterocycles. The van der Waals surface area contributed by atoms with Gasteiger partial charge in [0.2, 0.25) is 5.89 Å². The summed E-state index contributed by atoms with van der Waals surface area (Å²) in [4.78, 5) is 8.60. The smallest absolute Gasteiger partial charge is 0.285 e. The fourth-order valence-corrected chi connectivity index (χ4v) is 4.45. The molecule has 0 saturated carbocycles. The van der Waals surface area contributed by atoms with Crippen LogP contribution in [0.25, 0.3) is 0 Å². The lowest BCUT2D eigenvalue weighted by Crippen LogP contribution is -2.44. The Morgan fingerprint density at radius 1 is 1.38 bits per heavy atom. The summed E-state index contributed by atoms with van der Waals surface area (Å²) in [5, 5.41) is 7.41. The molecule has 1 unspecified atom stereocenters. The molecular formula is C16H20N6O3S. The molecule has 9 nitrogen and oxygen atoms in total. The van der Waals surface area contributed by atoms with Crippen LogP contribution in [0.1, 0.15) is 23.3 Å². The molecule has 1 aromatic heterocycles. The molecule has 0 amide bonds. The maximum Gasteiger partial charge on any atom is 0.285 e. The fourth-order valence-electron chi connectivity index (χ4n) is 3.20. The molecule has 1 aromatic carbocycles. The van der Waals surface area contributed by atoms with E-state index in [1.54, 1.807) is 36.2 Å². The quantitative estimate of drug-likeness (QED) is 0.812. The third kappa shape index (κ3) is 3.00. The number of nitrogens with one attached hydrogen (secondary N) is 1. The van der Waals surface area contributed by atoms with E-state index in [1.165, 1.54) is 0 Å². The monoisotopic (exact) mass is 376 g/mol. The van der Waals surface area contributed by atoms with Crippen LogP contribution in [0.3, 0.4) is 0 Å². The molecule has 2 aromatic rings. The summed E-state index contributed by atoms with van der Waals surface area (Å²) in [7, 11) is 0.142. The van der Waals surface area contributed by atoms with Gasteiger partial charge in [-0.3, -0.25) is 4.90 Å². The van der Waals surface area contributed by atoms with E-state index >= 15 is 0 Å². The Labute approximate surface area is 151 Å². The Balaban J connectivity index is 1.54. The molecule has 0 radical (unpaired) electrons. The van der Waals surface area contributed by atoms with E-state index in [9.17, 15) is 8.42 Å². The molecule has 3 heterocycles. The van der Waals surface area contributed by atoms with Gasteiger partial charge in [-0.25, -0.2) is 0 Å². The molecule has 2 aliphatic rings. The first-order chi connectivity index (χ1) is 12.5. The number of aromatic nitrogens is 2. The van der Waals surface area contributed by atoms with Gasteiger partial charge in [0.1, 0.15) is 4.90 Å². The summed E-state index contributed by atoms with van der Waals surface area (Å²) in [6.07, 6.45) is 0. The van der Waals surface area contributed by atoms with Crippen LogP contribution >= 0.6 is 0 Å². The van der Waals surface area contributed by atoms with Gasteiger partial charge in [0.15, 0.2) is 11.7 Å². The van der Waals surface area contributed by atoms with Crippen molar-refractivity contribution < 1.29 is 12.9 Å². The number of piperazine rings is 1. The standard InChI is InChI=1S/C16H20N6O3S/c1-21-8-7-17-9-12(21)15-18-14(25-19-15)10-22(2)16-11-5-3-4-6-13(11)26(23,24)20-16/h3-6,12,17H,7-10H2,1-2H3. The third-order valence-electron chi connectivity index (χ3n) is 4.64. The molecule has 0 aliphatic carbocycles. The predicted octanol–water partition coefficient (Wildman–Crippen LogP) is 0.227. The van der Waals surface area contributed by atoms with Crippen molar-refractivity contribution in [1.29, 1.82) is 0 Å². The van der Waals surface area contributed by atoms with Gasteiger partial charge in [0.25, 0.3) is 10.0 Å². The van der Waals surface area contributed by atoms with Gasteiger partial charge >= 0.3 is 0 Å². The molecule has 26 heavy (non-hydrogen) atoms. The molecule has 1 fully saturated rings. The maximum absolute atomic E-state index is 12.2. The molecule has 138 valence electrons. The molecule has 1 atom stereocenters. The Morgan fingerprint density at radius 3 is 3.00 bits per heavy atom. The lowest BCUT2D eigenvalue weighted by atomic mass is 10.2. The second-order valence-corrected chi connectivity index (χ2v) is 8.06. The summed E-state index contributed by atoms with van der Waals surface area (Å²) in [5.41, 5.74) is 0.589. The first kappa shape index (κ1) is 17.1. The van der Waals surface area contributed by atoms with Crippen molar-refractivity contribution >= 4 is 15.9 Å². The van der Waals surface area contributed by atoms with Crippen molar-refractivity contribution in [2.45, 2.75) is 17.5 Å². The highest BCUT2D eigenvalue weighted by Crippen LogP contribution is 2.27. The fraction of sp³-hybridized carbons (Fsp3) is 0.438. The molecule has 0 bridgehead atoms. The minimum atomic E-state index is -3.65. The van der Waals surface area contributed by atoms with Gasteiger partial charge in [-0.05, 0) is 19.2 Å². The topological polar surface area (TPSA) is 104 Å². The van der Waals surface area contributed by atoms with Crippen LogP contribution in [0.4, 0.5) is 0 Å². The van der Waals surface area contributed by atoms with E-state index in [1.807, 2.05) is 7.05 Å². The Hall–Kier alpha value is -2.30. The number of sulfonamides is 1. The zero-order chi connectivity index (χ0) is 18.3. The van der Waals surface area contributed by atoms with Crippen molar-refractivity contribution in [3.63, 3.8) is 0 Å². The summed E-state index contributed by atoms with van der Waals surface area (Å²) >= 11 is 0. The number of likely N-dealkylation sites (N-methyl/N-ethyl adjacent to an activating group) is 1. The van der Waals surface area contributed by atoms with Crippen molar-refractivity contribution in [3.8, 4) is 0 Å². The second-order valence-electron chi connectivity index (χ2n) is 6.49. The number of rotatable bonds is 3. The van der Waals surface area contributed by atoms with Gasteiger partial charge in [-0.2, -0.15) is 13.4 Å². The van der Waals surface area contributed by atoms with E-state index in [0.29, 0.717) is 23.1 Å². The van der Waals surface area contributed by atoms with E-state index in [0.717, 1.165) is 19.6 Å². The predicted molar refractivity (Wildman–Crippen MR) is 94.2 cm³/mol. The molecular weight excluding hydrogens is 356 g/mol. The Bertz CT molecular complexity index is 954. The lowest BCUT2D eigenvalue weighted by Gasteiger charge is -2.30. The van der Waals surface area contributed by atoms with Crippen molar-refractivity contribution in [1.82, 2.24) is 25.3 Å². The zero-order valence-corrected chi connectivity index (χ0v) is 15.4. The van der Waals surface area contributed by atoms with Gasteiger partial charge in [0.05, 0.1) is 12.6 Å². The average Bonchev–Trinajstić information content (AvgIpc) is 3.18. The summed E-state index contributed by atoms with van der Waals surface area (Å²) < 4.78 is 33.7. The zero-order valence-electron chi connectivity index (χ0n) is 14.6. The number of benzene rings is 1. The van der Waals surface area contributed by atoms with Crippen LogP contribution < -0.4 is 5.32 Å². The number of nitrogens with zero attached hydrogens (tertiary/aromatic N) is 5. The number of hydrogen-bond donors (Lipinski definition) is 1. The van der Waals surface area contributed by atoms with Gasteiger partial charge in [0, 0.05) is 32.2 Å². The maximum atomic E-state index is 12.2. The number of fused-ring (bicyclic) bond motifs is 1. The highest BCUT2D eigenvalue weighted by molar-refractivity contribution is 7.90. The Kier molecular flexibility index (Phi) is 4.25. The van der Waals surface area contributed by atoms with Crippen LogP contribution in [-0.2, 0) is 16.6 Å². The number of amidine groups is 1. The van der Waals surface area contributed by atoms with Crippen LogP contribution in [0, 0.1) is 0 Å². The summed E-state index contributed by atoms with van der Waals surface area (Å²) in [6, 6.07) is 6.85. The van der Waals surface area contributed by atoms with E-state index in [-0.39, 0.29) is 17.5 Å². The van der Waals surface area contributed by atoms with Crippen molar-refractivity contribution in [3.05, 3.63) is 41.5 Å². The minimum absolute atomic E-state index is 0.0662. The molecule has 4 rings (SSSR count). The number of hydrogen-bond acceptors (Lipinski definition) is 8. The van der Waals surface area contributed by atoms with Gasteiger partial charge in [-0.15, -0.1) is 4.40 Å². The first-order valence-electron chi connectivity index (χ1n) is 8.34. The highest BCUT2D eigenvalue weighted by Gasteiger charge is 2.31. The van der Waals surface area contributed by atoms with E-state index < -0.39 is 10.0 Å². The first-order valence-corrected chi connectivity index (χ1v) is 9.78. The average molecular weight is 376 g/mol. The van der Waals surface area contributed by atoms with E-state index in [4.69, 9.17) is 4.52 Å². The second kappa shape index (κ2) is 6.45. The largest absolute Gasteiger partial charge is 0.349 e. The van der Waals surface area contributed by atoms with Crippen LogP contribution in [0.2, 0.25) is 0 Å². The molecule has 1 saturated heterocycles. The van der Waals surface area contributed by atoms with Gasteiger partial charge < -0.3 is 14.7 Å². The van der Waals surface area contributed by atoms with E-state index in [2.05, 4.69) is 24.8 Å².